The van der Waals surface area contributed by atoms with Crippen molar-refractivity contribution < 1.29 is 9.63 Å². The molecule has 0 aliphatic heterocycles. The normalized spacial score (nSPS) is 11.1. The highest BCUT2D eigenvalue weighted by atomic mass is 16.6. The van der Waals surface area contributed by atoms with Crippen LogP contribution in [0.3, 0.4) is 0 Å². The van der Waals surface area contributed by atoms with E-state index >= 15 is 0 Å². The Morgan fingerprint density at radius 3 is 2.50 bits per heavy atom. The lowest BCUT2D eigenvalue weighted by Gasteiger charge is -2.04. The van der Waals surface area contributed by atoms with Crippen LogP contribution in [0.25, 0.3) is 6.08 Å². The zero-order chi connectivity index (χ0) is 10.4. The van der Waals surface area contributed by atoms with E-state index in [1.807, 2.05) is 30.3 Å². The molecule has 0 atom stereocenters. The molecule has 0 aliphatic carbocycles. The van der Waals surface area contributed by atoms with Crippen LogP contribution in [0, 0.1) is 0 Å². The molecule has 74 valence electrons. The largest absolute Gasteiger partial charge is 0.293 e. The molecule has 3 heteroatoms. The van der Waals surface area contributed by atoms with E-state index in [0.717, 1.165) is 5.56 Å². The van der Waals surface area contributed by atoms with Crippen LogP contribution in [0.2, 0.25) is 0 Å². The molecule has 0 unspecified atom stereocenters. The average Bonchev–Trinajstić information content (AvgIpc) is 2.18. The van der Waals surface area contributed by atoms with Crippen molar-refractivity contribution in [2.45, 2.75) is 6.92 Å². The maximum atomic E-state index is 11.1. The lowest BCUT2D eigenvalue weighted by atomic mass is 10.2. The number of rotatable bonds is 4. The Morgan fingerprint density at radius 2 is 2.00 bits per heavy atom. The number of allylic oxidation sites excluding steroid dienone is 1. The minimum atomic E-state index is -0.0595. The fourth-order valence-corrected chi connectivity index (χ4v) is 1.03. The van der Waals surface area contributed by atoms with Gasteiger partial charge in [-0.1, -0.05) is 30.3 Å². The van der Waals surface area contributed by atoms with Crippen molar-refractivity contribution in [2.75, 3.05) is 7.11 Å². The predicted molar refractivity (Wildman–Crippen MR) is 55.2 cm³/mol. The minimum absolute atomic E-state index is 0.0595. The molecule has 0 saturated carbocycles. The van der Waals surface area contributed by atoms with Gasteiger partial charge in [0.2, 0.25) is 0 Å². The molecule has 0 bridgehead atoms. The van der Waals surface area contributed by atoms with Crippen molar-refractivity contribution in [2.24, 2.45) is 0 Å². The summed E-state index contributed by atoms with van der Waals surface area (Å²) < 4.78 is 0. The van der Waals surface area contributed by atoms with Crippen molar-refractivity contribution >= 4 is 11.9 Å². The van der Waals surface area contributed by atoms with E-state index in [1.54, 1.807) is 6.08 Å². The molecule has 0 amide bonds. The van der Waals surface area contributed by atoms with Gasteiger partial charge in [-0.2, -0.15) is 0 Å². The Balaban J connectivity index is 2.88. The molecular formula is C11H13NO2. The van der Waals surface area contributed by atoms with E-state index in [2.05, 4.69) is 5.48 Å². The highest BCUT2D eigenvalue weighted by Gasteiger charge is 2.01. The van der Waals surface area contributed by atoms with Gasteiger partial charge in [0, 0.05) is 6.92 Å². The van der Waals surface area contributed by atoms with E-state index < -0.39 is 0 Å². The van der Waals surface area contributed by atoms with Crippen LogP contribution >= 0.6 is 0 Å². The Kier molecular flexibility index (Phi) is 3.88. The van der Waals surface area contributed by atoms with Crippen LogP contribution in [0.4, 0.5) is 0 Å². The van der Waals surface area contributed by atoms with Gasteiger partial charge in [-0.05, 0) is 11.6 Å². The van der Waals surface area contributed by atoms with Gasteiger partial charge in [0.1, 0.15) is 5.70 Å². The van der Waals surface area contributed by atoms with Crippen LogP contribution < -0.4 is 5.48 Å². The summed E-state index contributed by atoms with van der Waals surface area (Å²) in [4.78, 5) is 15.8. The summed E-state index contributed by atoms with van der Waals surface area (Å²) in [7, 11) is 1.47. The molecule has 0 aliphatic rings. The van der Waals surface area contributed by atoms with Gasteiger partial charge in [-0.15, -0.1) is 0 Å². The topological polar surface area (TPSA) is 38.3 Å². The van der Waals surface area contributed by atoms with Crippen LogP contribution in [0.15, 0.2) is 36.0 Å². The molecule has 3 nitrogen and oxygen atoms in total. The number of carbonyl (C=O) groups excluding carboxylic acids is 1. The van der Waals surface area contributed by atoms with Crippen LogP contribution in [-0.2, 0) is 9.63 Å². The summed E-state index contributed by atoms with van der Waals surface area (Å²) in [6.07, 6.45) is 1.74. The zero-order valence-corrected chi connectivity index (χ0v) is 8.28. The molecule has 1 aromatic carbocycles. The van der Waals surface area contributed by atoms with Crippen LogP contribution in [0.5, 0.6) is 0 Å². The molecule has 1 N–H and O–H groups in total. The SMILES string of the molecule is CONC(=Cc1ccccc1)C(C)=O. The van der Waals surface area contributed by atoms with Gasteiger partial charge in [-0.25, -0.2) is 0 Å². The van der Waals surface area contributed by atoms with Gasteiger partial charge in [0.05, 0.1) is 7.11 Å². The molecule has 1 aromatic rings. The van der Waals surface area contributed by atoms with E-state index in [9.17, 15) is 4.79 Å². The van der Waals surface area contributed by atoms with Crippen molar-refractivity contribution in [1.29, 1.82) is 0 Å². The van der Waals surface area contributed by atoms with E-state index in [4.69, 9.17) is 4.84 Å². The smallest absolute Gasteiger partial charge is 0.177 e. The third-order valence-corrected chi connectivity index (χ3v) is 1.70. The number of hydrogen-bond acceptors (Lipinski definition) is 3. The standard InChI is InChI=1S/C11H13NO2/c1-9(13)11(12-14-2)8-10-6-4-3-5-7-10/h3-8,12H,1-2H3. The van der Waals surface area contributed by atoms with Crippen molar-refractivity contribution in [3.63, 3.8) is 0 Å². The second-order valence-corrected chi connectivity index (χ2v) is 2.83. The first-order chi connectivity index (χ1) is 6.74. The summed E-state index contributed by atoms with van der Waals surface area (Å²) in [5, 5.41) is 0. The Bertz CT molecular complexity index is 330. The molecule has 0 heterocycles. The summed E-state index contributed by atoms with van der Waals surface area (Å²) >= 11 is 0. The number of nitrogens with one attached hydrogen (secondary N) is 1. The van der Waals surface area contributed by atoms with E-state index in [-0.39, 0.29) is 5.78 Å². The number of hydrogen-bond donors (Lipinski definition) is 1. The maximum absolute atomic E-state index is 11.1. The number of benzene rings is 1. The van der Waals surface area contributed by atoms with Gasteiger partial charge >= 0.3 is 0 Å². The second kappa shape index (κ2) is 5.19. The molecule has 0 radical (unpaired) electrons. The lowest BCUT2D eigenvalue weighted by Crippen LogP contribution is -2.16. The first-order valence-corrected chi connectivity index (χ1v) is 4.30. The van der Waals surface area contributed by atoms with Crippen LogP contribution in [-0.4, -0.2) is 12.9 Å². The highest BCUT2D eigenvalue weighted by Crippen LogP contribution is 2.05. The van der Waals surface area contributed by atoms with Crippen molar-refractivity contribution in [3.8, 4) is 0 Å². The fraction of sp³-hybridized carbons (Fsp3) is 0.182. The van der Waals surface area contributed by atoms with Crippen LogP contribution in [0.1, 0.15) is 12.5 Å². The molecule has 1 rings (SSSR count). The Hall–Kier alpha value is -1.61. The first-order valence-electron chi connectivity index (χ1n) is 4.30. The highest BCUT2D eigenvalue weighted by molar-refractivity contribution is 5.96. The van der Waals surface area contributed by atoms with Crippen molar-refractivity contribution in [3.05, 3.63) is 41.6 Å². The molecule has 0 fully saturated rings. The molecule has 0 spiro atoms. The maximum Gasteiger partial charge on any atom is 0.177 e. The second-order valence-electron chi connectivity index (χ2n) is 2.83. The molecule has 14 heavy (non-hydrogen) atoms. The molecule has 0 aromatic heterocycles. The minimum Gasteiger partial charge on any atom is -0.293 e. The number of hydroxylamine groups is 1. The summed E-state index contributed by atoms with van der Waals surface area (Å²) in [5.41, 5.74) is 3.95. The average molecular weight is 191 g/mol. The molecule has 0 saturated heterocycles. The van der Waals surface area contributed by atoms with Gasteiger partial charge in [0.25, 0.3) is 0 Å². The van der Waals surface area contributed by atoms with E-state index in [0.29, 0.717) is 5.70 Å². The number of carbonyl (C=O) groups is 1. The first kappa shape index (κ1) is 10.5. The zero-order valence-electron chi connectivity index (χ0n) is 8.28. The molecular weight excluding hydrogens is 178 g/mol. The summed E-state index contributed by atoms with van der Waals surface area (Å²) in [5.74, 6) is -0.0595. The van der Waals surface area contributed by atoms with E-state index in [1.165, 1.54) is 14.0 Å². The monoisotopic (exact) mass is 191 g/mol. The lowest BCUT2D eigenvalue weighted by molar-refractivity contribution is -0.115. The van der Waals surface area contributed by atoms with Gasteiger partial charge in [0.15, 0.2) is 5.78 Å². The van der Waals surface area contributed by atoms with Gasteiger partial charge in [-0.3, -0.25) is 15.1 Å². The third-order valence-electron chi connectivity index (χ3n) is 1.70. The third kappa shape index (κ3) is 3.03. The quantitative estimate of drug-likeness (QED) is 0.582. The van der Waals surface area contributed by atoms with Gasteiger partial charge < -0.3 is 0 Å². The number of ketones is 1. The number of Topliss-reactive ketones (excluding diaryl/α,β-unsaturated/α-hetero) is 1. The fourth-order valence-electron chi connectivity index (χ4n) is 1.03. The predicted octanol–water partition coefficient (Wildman–Crippen LogP) is 1.77. The summed E-state index contributed by atoms with van der Waals surface area (Å²) in [6, 6.07) is 9.59. The summed E-state index contributed by atoms with van der Waals surface area (Å²) in [6.45, 7) is 1.49. The Morgan fingerprint density at radius 1 is 1.36 bits per heavy atom. The Labute approximate surface area is 83.3 Å². The van der Waals surface area contributed by atoms with Crippen molar-refractivity contribution in [1.82, 2.24) is 5.48 Å².